The summed E-state index contributed by atoms with van der Waals surface area (Å²) < 4.78 is 5.68. The maximum atomic E-state index is 8.65. The van der Waals surface area contributed by atoms with Gasteiger partial charge in [-0.05, 0) is 30.4 Å². The molecule has 4 N–H and O–H groups in total. The van der Waals surface area contributed by atoms with Crippen LogP contribution < -0.4 is 11.1 Å². The van der Waals surface area contributed by atoms with E-state index < -0.39 is 0 Å². The van der Waals surface area contributed by atoms with Crippen LogP contribution in [0.4, 0.5) is 0 Å². The summed E-state index contributed by atoms with van der Waals surface area (Å²) >= 11 is 6.22. The third kappa shape index (κ3) is 4.09. The van der Waals surface area contributed by atoms with E-state index in [0.717, 1.165) is 31.6 Å². The zero-order valence-corrected chi connectivity index (χ0v) is 12.9. The zero-order chi connectivity index (χ0) is 15.2. The Labute approximate surface area is 130 Å². The summed E-state index contributed by atoms with van der Waals surface area (Å²) in [5, 5.41) is 15.7. The van der Waals surface area contributed by atoms with E-state index in [1.54, 1.807) is 12.1 Å². The van der Waals surface area contributed by atoms with Gasteiger partial charge in [0.1, 0.15) is 0 Å². The number of benzene rings is 1. The number of halogens is 1. The molecule has 2 unspecified atom stereocenters. The van der Waals surface area contributed by atoms with Crippen LogP contribution in [0.3, 0.4) is 0 Å². The molecule has 0 aliphatic carbocycles. The number of rotatable bonds is 6. The van der Waals surface area contributed by atoms with Gasteiger partial charge in [-0.25, -0.2) is 0 Å². The van der Waals surface area contributed by atoms with Crippen LogP contribution in [0.15, 0.2) is 23.4 Å². The van der Waals surface area contributed by atoms with E-state index in [2.05, 4.69) is 17.4 Å². The van der Waals surface area contributed by atoms with Crippen molar-refractivity contribution in [3.63, 3.8) is 0 Å². The lowest BCUT2D eigenvalue weighted by Crippen LogP contribution is -2.28. The van der Waals surface area contributed by atoms with Crippen LogP contribution in [-0.2, 0) is 11.3 Å². The predicted octanol–water partition coefficient (Wildman–Crippen LogP) is 2.34. The fraction of sp³-hybridized carbons (Fsp3) is 0.533. The van der Waals surface area contributed by atoms with Crippen molar-refractivity contribution in [1.82, 2.24) is 5.32 Å². The van der Waals surface area contributed by atoms with Crippen molar-refractivity contribution in [2.75, 3.05) is 13.2 Å². The molecule has 0 amide bonds. The molecular formula is C15H22ClN3O2. The average Bonchev–Trinajstić information content (AvgIpc) is 2.95. The standard InChI is InChI=1S/C15H22ClN3O2/c1-2-14-12(5-6-21-14)9-18-8-11-4-3-10(7-13(11)16)15(17)19-20/h3-4,7,12,14,18,20H,2,5-6,8-9H2,1H3,(H2,17,19). The molecule has 0 aromatic heterocycles. The Kier molecular flexibility index (Phi) is 5.85. The Morgan fingerprint density at radius 2 is 2.38 bits per heavy atom. The van der Waals surface area contributed by atoms with Gasteiger partial charge < -0.3 is 21.0 Å². The van der Waals surface area contributed by atoms with Crippen LogP contribution in [0.1, 0.15) is 30.9 Å². The van der Waals surface area contributed by atoms with E-state index in [1.807, 2.05) is 6.07 Å². The molecule has 0 bridgehead atoms. The van der Waals surface area contributed by atoms with Gasteiger partial charge in [0.2, 0.25) is 0 Å². The van der Waals surface area contributed by atoms with Crippen LogP contribution in [0, 0.1) is 5.92 Å². The molecule has 6 heteroatoms. The van der Waals surface area contributed by atoms with Gasteiger partial charge in [-0.15, -0.1) is 0 Å². The van der Waals surface area contributed by atoms with Gasteiger partial charge >= 0.3 is 0 Å². The molecular weight excluding hydrogens is 290 g/mol. The van der Waals surface area contributed by atoms with Crippen molar-refractivity contribution in [3.8, 4) is 0 Å². The number of ether oxygens (including phenoxy) is 1. The minimum atomic E-state index is 0.0605. The number of oxime groups is 1. The summed E-state index contributed by atoms with van der Waals surface area (Å²) in [6.07, 6.45) is 2.54. The minimum absolute atomic E-state index is 0.0605. The smallest absolute Gasteiger partial charge is 0.170 e. The van der Waals surface area contributed by atoms with Crippen LogP contribution in [0.25, 0.3) is 0 Å². The summed E-state index contributed by atoms with van der Waals surface area (Å²) in [7, 11) is 0. The predicted molar refractivity (Wildman–Crippen MR) is 83.8 cm³/mol. The number of hydrogen-bond acceptors (Lipinski definition) is 4. The first-order valence-corrected chi connectivity index (χ1v) is 7.62. The number of nitrogens with zero attached hydrogens (tertiary/aromatic N) is 1. The third-order valence-corrected chi connectivity index (χ3v) is 4.28. The molecule has 1 heterocycles. The Morgan fingerprint density at radius 3 is 3.05 bits per heavy atom. The van der Waals surface area contributed by atoms with Crippen LogP contribution in [0.5, 0.6) is 0 Å². The zero-order valence-electron chi connectivity index (χ0n) is 12.2. The molecule has 0 radical (unpaired) electrons. The molecule has 1 aromatic carbocycles. The van der Waals surface area contributed by atoms with Gasteiger partial charge in [0.05, 0.1) is 6.10 Å². The van der Waals surface area contributed by atoms with Crippen LogP contribution in [-0.4, -0.2) is 30.3 Å². The molecule has 0 spiro atoms. The van der Waals surface area contributed by atoms with E-state index in [4.69, 9.17) is 27.3 Å². The molecule has 2 atom stereocenters. The fourth-order valence-electron chi connectivity index (χ4n) is 2.68. The highest BCUT2D eigenvalue weighted by atomic mass is 35.5. The van der Waals surface area contributed by atoms with Crippen molar-refractivity contribution >= 4 is 17.4 Å². The van der Waals surface area contributed by atoms with Gasteiger partial charge in [0.25, 0.3) is 0 Å². The van der Waals surface area contributed by atoms with E-state index >= 15 is 0 Å². The molecule has 0 saturated carbocycles. The highest BCUT2D eigenvalue weighted by Gasteiger charge is 2.25. The summed E-state index contributed by atoms with van der Waals surface area (Å²) in [5.74, 6) is 0.635. The molecule has 1 fully saturated rings. The summed E-state index contributed by atoms with van der Waals surface area (Å²) in [6, 6.07) is 5.40. The van der Waals surface area contributed by atoms with Gasteiger partial charge in [-0.3, -0.25) is 0 Å². The first-order valence-electron chi connectivity index (χ1n) is 7.24. The summed E-state index contributed by atoms with van der Waals surface area (Å²) in [5.41, 5.74) is 7.15. The quantitative estimate of drug-likeness (QED) is 0.326. The largest absolute Gasteiger partial charge is 0.409 e. The van der Waals surface area contributed by atoms with Gasteiger partial charge in [0, 0.05) is 30.3 Å². The minimum Gasteiger partial charge on any atom is -0.409 e. The van der Waals surface area contributed by atoms with Crippen LogP contribution in [0.2, 0.25) is 5.02 Å². The number of nitrogens with one attached hydrogen (secondary N) is 1. The maximum Gasteiger partial charge on any atom is 0.170 e. The lowest BCUT2D eigenvalue weighted by molar-refractivity contribution is 0.0872. The Morgan fingerprint density at radius 1 is 1.57 bits per heavy atom. The molecule has 21 heavy (non-hydrogen) atoms. The Hall–Kier alpha value is -1.30. The second-order valence-corrected chi connectivity index (χ2v) is 5.70. The fourth-order valence-corrected chi connectivity index (χ4v) is 2.92. The SMILES string of the molecule is CCC1OCCC1CNCc1ccc(/C(N)=N/O)cc1Cl. The Bertz CT molecular complexity index is 508. The molecule has 1 aliphatic rings. The molecule has 116 valence electrons. The van der Waals surface area contributed by atoms with Crippen molar-refractivity contribution in [2.45, 2.75) is 32.4 Å². The third-order valence-electron chi connectivity index (χ3n) is 3.93. The lowest BCUT2D eigenvalue weighted by Gasteiger charge is -2.17. The van der Waals surface area contributed by atoms with E-state index in [1.165, 1.54) is 0 Å². The molecule has 1 aliphatic heterocycles. The van der Waals surface area contributed by atoms with Crippen molar-refractivity contribution in [1.29, 1.82) is 0 Å². The number of amidine groups is 1. The van der Waals surface area contributed by atoms with Gasteiger partial charge in [-0.1, -0.05) is 35.8 Å². The highest BCUT2D eigenvalue weighted by molar-refractivity contribution is 6.31. The van der Waals surface area contributed by atoms with E-state index in [-0.39, 0.29) is 5.84 Å². The second-order valence-electron chi connectivity index (χ2n) is 5.29. The van der Waals surface area contributed by atoms with Gasteiger partial charge in [-0.2, -0.15) is 0 Å². The maximum absolute atomic E-state index is 8.65. The lowest BCUT2D eigenvalue weighted by atomic mass is 9.99. The van der Waals surface area contributed by atoms with Crippen molar-refractivity contribution in [2.24, 2.45) is 16.8 Å². The molecule has 5 nitrogen and oxygen atoms in total. The molecule has 1 aromatic rings. The monoisotopic (exact) mass is 311 g/mol. The van der Waals surface area contributed by atoms with Gasteiger partial charge in [0.15, 0.2) is 5.84 Å². The first kappa shape index (κ1) is 16.1. The first-order chi connectivity index (χ1) is 10.2. The summed E-state index contributed by atoms with van der Waals surface area (Å²) in [4.78, 5) is 0. The topological polar surface area (TPSA) is 79.9 Å². The highest BCUT2D eigenvalue weighted by Crippen LogP contribution is 2.23. The average molecular weight is 312 g/mol. The number of nitrogens with two attached hydrogens (primary N) is 1. The van der Waals surface area contributed by atoms with Crippen molar-refractivity contribution < 1.29 is 9.94 Å². The van der Waals surface area contributed by atoms with E-state index in [0.29, 0.717) is 29.2 Å². The van der Waals surface area contributed by atoms with Crippen LogP contribution >= 0.6 is 11.6 Å². The Balaban J connectivity index is 1.89. The second kappa shape index (κ2) is 7.64. The number of hydrogen-bond donors (Lipinski definition) is 3. The normalized spacial score (nSPS) is 22.7. The molecule has 1 saturated heterocycles. The van der Waals surface area contributed by atoms with Crippen molar-refractivity contribution in [3.05, 3.63) is 34.3 Å². The molecule has 2 rings (SSSR count). The van der Waals surface area contributed by atoms with E-state index in [9.17, 15) is 0 Å². The summed E-state index contributed by atoms with van der Waals surface area (Å²) in [6.45, 7) is 4.64.